The topological polar surface area (TPSA) is 24.6 Å². The molecule has 5 heterocycles. The summed E-state index contributed by atoms with van der Waals surface area (Å²) in [7, 11) is 0. The molecule has 418 valence electrons. The number of rotatable bonds is 2. The van der Waals surface area contributed by atoms with Crippen LogP contribution in [-0.4, -0.2) is 16.8 Å². The van der Waals surface area contributed by atoms with Crippen LogP contribution in [-0.2, 0) is 38.9 Å². The van der Waals surface area contributed by atoms with Gasteiger partial charge in [-0.25, -0.2) is 0 Å². The first-order valence-electron chi connectivity index (χ1n) is 31.5. The van der Waals surface area contributed by atoms with Gasteiger partial charge < -0.3 is 18.8 Å². The Hall–Kier alpha value is -6.98. The van der Waals surface area contributed by atoms with Crippen LogP contribution in [0.15, 0.2) is 126 Å². The number of anilines is 5. The zero-order chi connectivity index (χ0) is 57.8. The fourth-order valence-electron chi connectivity index (χ4n) is 17.6. The molecule has 5 heteroatoms. The van der Waals surface area contributed by atoms with Gasteiger partial charge in [0.2, 0.25) is 0 Å². The molecule has 1 fully saturated rings. The van der Waals surface area contributed by atoms with Crippen molar-refractivity contribution in [3.63, 3.8) is 0 Å². The zero-order valence-corrected chi connectivity index (χ0v) is 52.3. The normalized spacial score (nSPS) is 20.9. The Kier molecular flexibility index (Phi) is 10.1. The van der Waals surface area contributed by atoms with Gasteiger partial charge in [-0.3, -0.25) is 0 Å². The number of aryl methyl sites for hydroxylation is 1. The van der Waals surface area contributed by atoms with E-state index in [9.17, 15) is 0 Å². The maximum atomic E-state index is 7.16. The molecule has 0 amide bonds. The lowest BCUT2D eigenvalue weighted by Gasteiger charge is -2.50. The molecule has 83 heavy (non-hydrogen) atoms. The Morgan fingerprint density at radius 1 is 0.518 bits per heavy atom. The van der Waals surface area contributed by atoms with E-state index in [0.717, 1.165) is 36.8 Å². The standard InChI is InChI=1S/C78H82BN3O/c1-44-36-62-70-63(37-44)81-60-43-54-53(75(11,12)34-35-76(54,13)14)42-51(60)67-52(74(8,9)10)26-30-64-68(67)69-65(83-64)31-28-57(71(69)81)79(70)56-27-25-49(82-58-29-24-48(73(5,6)7)40-55(58)77(15)32-17-18-33-78(77,82)16)41-61(56)80(62)59-21-19-20-46-38-45-22-23-47(72(2,3)4)39-50(45)66(46)59/h19-31,36-37,39-43H,17-18,32-35,38H2,1-16H3. The second kappa shape index (κ2) is 16.3. The third-order valence-electron chi connectivity index (χ3n) is 22.5. The van der Waals surface area contributed by atoms with Crippen molar-refractivity contribution in [2.75, 3.05) is 9.80 Å². The van der Waals surface area contributed by atoms with E-state index in [-0.39, 0.29) is 44.7 Å². The molecule has 16 rings (SSSR count). The Morgan fingerprint density at radius 3 is 1.94 bits per heavy atom. The zero-order valence-electron chi connectivity index (χ0n) is 52.3. The molecule has 10 aromatic rings. The maximum absolute atomic E-state index is 7.16. The highest BCUT2D eigenvalue weighted by Gasteiger charge is 2.58. The fraction of sp³-hybridized carbons (Fsp3) is 0.385. The van der Waals surface area contributed by atoms with Gasteiger partial charge in [0, 0.05) is 50.2 Å². The molecule has 2 atom stereocenters. The summed E-state index contributed by atoms with van der Waals surface area (Å²) in [5.41, 5.74) is 31.6. The van der Waals surface area contributed by atoms with Gasteiger partial charge in [-0.2, -0.15) is 0 Å². The number of benzene rings is 8. The predicted octanol–water partition coefficient (Wildman–Crippen LogP) is 19.2. The predicted molar refractivity (Wildman–Crippen MR) is 355 cm³/mol. The molecule has 1 saturated carbocycles. The Bertz CT molecular complexity index is 4560. The van der Waals surface area contributed by atoms with Crippen LogP contribution in [0.3, 0.4) is 0 Å². The number of furan rings is 1. The highest BCUT2D eigenvalue weighted by Crippen LogP contribution is 2.62. The lowest BCUT2D eigenvalue weighted by Crippen LogP contribution is -2.60. The molecule has 6 aliphatic rings. The van der Waals surface area contributed by atoms with Crippen molar-refractivity contribution < 1.29 is 4.42 Å². The molecule has 8 aromatic carbocycles. The summed E-state index contributed by atoms with van der Waals surface area (Å²) in [6.07, 6.45) is 8.05. The van der Waals surface area contributed by atoms with Crippen LogP contribution in [0.1, 0.15) is 192 Å². The third kappa shape index (κ3) is 6.77. The van der Waals surface area contributed by atoms with Gasteiger partial charge in [0.15, 0.2) is 0 Å². The van der Waals surface area contributed by atoms with E-state index in [1.54, 1.807) is 0 Å². The number of fused-ring (bicyclic) bond motifs is 14. The van der Waals surface area contributed by atoms with Crippen LogP contribution in [0.4, 0.5) is 28.4 Å². The average Bonchev–Trinajstić information content (AvgIpc) is 1.71. The van der Waals surface area contributed by atoms with Crippen LogP contribution < -0.4 is 26.2 Å². The van der Waals surface area contributed by atoms with Crippen molar-refractivity contribution >= 4 is 95.3 Å². The van der Waals surface area contributed by atoms with Gasteiger partial charge in [0.1, 0.15) is 11.2 Å². The Morgan fingerprint density at radius 2 is 1.19 bits per heavy atom. The Labute approximate surface area is 493 Å². The molecule has 0 bridgehead atoms. The molecule has 0 radical (unpaired) electrons. The monoisotopic (exact) mass is 1090 g/mol. The van der Waals surface area contributed by atoms with E-state index in [1.165, 1.54) is 164 Å². The lowest BCUT2D eigenvalue weighted by molar-refractivity contribution is 0.195. The average molecular weight is 1090 g/mol. The highest BCUT2D eigenvalue weighted by molar-refractivity contribution is 7.00. The SMILES string of the molecule is Cc1cc2c3c(c1)-n1c4cc5c(cc4c4c(C(C)(C)C)ccc6oc7ccc(c1c7c64)B3c1ccc(N3c4ccc(C(C)(C)C)cc4C4(C)CCCCC34C)cc1N2c1cccc2c1-c1cc(C(C)(C)C)ccc1C2)C(C)(C)CCC5(C)C. The van der Waals surface area contributed by atoms with Gasteiger partial charge in [0.05, 0.1) is 27.6 Å². The van der Waals surface area contributed by atoms with E-state index in [1.807, 2.05) is 0 Å². The minimum atomic E-state index is -0.133. The minimum absolute atomic E-state index is 0.00289. The summed E-state index contributed by atoms with van der Waals surface area (Å²) >= 11 is 0. The smallest absolute Gasteiger partial charge is 0.252 e. The fourth-order valence-corrected chi connectivity index (χ4v) is 17.6. The second-order valence-corrected chi connectivity index (χ2v) is 31.6. The van der Waals surface area contributed by atoms with Crippen molar-refractivity contribution in [2.45, 2.75) is 194 Å². The molecular weight excluding hydrogens is 1010 g/mol. The van der Waals surface area contributed by atoms with Crippen molar-refractivity contribution in [1.82, 2.24) is 4.57 Å². The van der Waals surface area contributed by atoms with Gasteiger partial charge in [-0.15, -0.1) is 0 Å². The summed E-state index contributed by atoms with van der Waals surface area (Å²) < 4.78 is 9.92. The molecule has 2 aromatic heterocycles. The van der Waals surface area contributed by atoms with Crippen molar-refractivity contribution in [2.24, 2.45) is 0 Å². The molecule has 3 aliphatic heterocycles. The summed E-state index contributed by atoms with van der Waals surface area (Å²) in [6, 6.07) is 49.7. The number of aromatic nitrogens is 1. The van der Waals surface area contributed by atoms with E-state index in [4.69, 9.17) is 4.42 Å². The van der Waals surface area contributed by atoms with Gasteiger partial charge in [-0.05, 0) is 211 Å². The molecule has 0 saturated heterocycles. The highest BCUT2D eigenvalue weighted by atomic mass is 16.3. The van der Waals surface area contributed by atoms with Crippen LogP contribution in [0.5, 0.6) is 0 Å². The van der Waals surface area contributed by atoms with Crippen LogP contribution in [0.25, 0.3) is 60.6 Å². The van der Waals surface area contributed by atoms with Gasteiger partial charge in [-0.1, -0.05) is 170 Å². The lowest BCUT2D eigenvalue weighted by atomic mass is 9.33. The molecule has 2 unspecified atom stereocenters. The molecule has 4 nitrogen and oxygen atoms in total. The van der Waals surface area contributed by atoms with Gasteiger partial charge in [0.25, 0.3) is 6.71 Å². The summed E-state index contributed by atoms with van der Waals surface area (Å²) in [5, 5.41) is 5.14. The molecule has 0 spiro atoms. The van der Waals surface area contributed by atoms with E-state index < -0.39 is 0 Å². The third-order valence-corrected chi connectivity index (χ3v) is 22.5. The number of nitrogens with zero attached hydrogens (tertiary/aromatic N) is 3. The first-order chi connectivity index (χ1) is 39.2. The first kappa shape index (κ1) is 51.6. The van der Waals surface area contributed by atoms with Crippen molar-refractivity contribution in [1.29, 1.82) is 0 Å². The van der Waals surface area contributed by atoms with E-state index >= 15 is 0 Å². The summed E-state index contributed by atoms with van der Waals surface area (Å²) in [4.78, 5) is 5.57. The largest absolute Gasteiger partial charge is 0.456 e. The second-order valence-electron chi connectivity index (χ2n) is 31.6. The number of hydrogen-bond donors (Lipinski definition) is 0. The molecular formula is C78H82BN3O. The summed E-state index contributed by atoms with van der Waals surface area (Å²) in [5.74, 6) is 0. The Balaban J connectivity index is 1.06. The first-order valence-corrected chi connectivity index (χ1v) is 31.5. The van der Waals surface area contributed by atoms with E-state index in [2.05, 4.69) is 246 Å². The van der Waals surface area contributed by atoms with Crippen LogP contribution >= 0.6 is 0 Å². The van der Waals surface area contributed by atoms with E-state index in [0.29, 0.717) is 0 Å². The number of hydrogen-bond acceptors (Lipinski definition) is 3. The van der Waals surface area contributed by atoms with Crippen LogP contribution in [0.2, 0.25) is 0 Å². The quantitative estimate of drug-likeness (QED) is 0.161. The molecule has 3 aliphatic carbocycles. The molecule has 0 N–H and O–H groups in total. The summed E-state index contributed by atoms with van der Waals surface area (Å²) in [6.45, 7) is 38.8. The van der Waals surface area contributed by atoms with Crippen LogP contribution in [0, 0.1) is 6.92 Å². The maximum Gasteiger partial charge on any atom is 0.252 e. The van der Waals surface area contributed by atoms with Crippen molar-refractivity contribution in [3.8, 4) is 16.8 Å². The minimum Gasteiger partial charge on any atom is -0.456 e. The van der Waals surface area contributed by atoms with Crippen molar-refractivity contribution in [3.05, 3.63) is 171 Å². The van der Waals surface area contributed by atoms with Gasteiger partial charge >= 0.3 is 0 Å².